The molecule has 1 aromatic rings. The van der Waals surface area contributed by atoms with Crippen LogP contribution in [0, 0.1) is 6.92 Å². The molecule has 4 heteroatoms. The molecule has 1 aliphatic heterocycles. The highest BCUT2D eigenvalue weighted by molar-refractivity contribution is 6.30. The minimum atomic E-state index is -0.810. The van der Waals surface area contributed by atoms with Crippen LogP contribution >= 0.6 is 11.6 Å². The molecular weight excluding hydrogens is 264 g/mol. The van der Waals surface area contributed by atoms with Crippen molar-refractivity contribution in [2.75, 3.05) is 13.2 Å². The summed E-state index contributed by atoms with van der Waals surface area (Å²) in [6, 6.07) is 5.70. The van der Waals surface area contributed by atoms with Gasteiger partial charge >= 0.3 is 0 Å². The quantitative estimate of drug-likeness (QED) is 0.860. The van der Waals surface area contributed by atoms with Crippen LogP contribution in [0.1, 0.15) is 36.8 Å². The molecule has 2 aliphatic rings. The van der Waals surface area contributed by atoms with Gasteiger partial charge in [-0.25, -0.2) is 0 Å². The molecule has 0 unspecified atom stereocenters. The van der Waals surface area contributed by atoms with Gasteiger partial charge in [0.25, 0.3) is 0 Å². The number of aliphatic hydroxyl groups is 1. The maximum Gasteiger partial charge on any atom is 0.168 e. The molecule has 1 aliphatic carbocycles. The topological polar surface area (TPSA) is 38.7 Å². The van der Waals surface area contributed by atoms with Crippen molar-refractivity contribution < 1.29 is 14.6 Å². The van der Waals surface area contributed by atoms with E-state index in [2.05, 4.69) is 0 Å². The van der Waals surface area contributed by atoms with Crippen LogP contribution < -0.4 is 0 Å². The summed E-state index contributed by atoms with van der Waals surface area (Å²) in [4.78, 5) is 0. The molecule has 3 rings (SSSR count). The summed E-state index contributed by atoms with van der Waals surface area (Å²) in [5, 5.41) is 11.6. The van der Waals surface area contributed by atoms with Crippen LogP contribution in [0.25, 0.3) is 0 Å². The highest BCUT2D eigenvalue weighted by atomic mass is 35.5. The number of benzene rings is 1. The molecule has 1 saturated carbocycles. The number of aryl methyl sites for hydroxylation is 1. The Labute approximate surface area is 118 Å². The Kier molecular flexibility index (Phi) is 3.34. The van der Waals surface area contributed by atoms with Gasteiger partial charge in [-0.2, -0.15) is 0 Å². The number of hydrogen-bond donors (Lipinski definition) is 1. The number of ether oxygens (including phenoxy) is 2. The molecule has 0 atom stereocenters. The number of halogens is 1. The van der Waals surface area contributed by atoms with E-state index in [-0.39, 0.29) is 0 Å². The number of rotatable bonds is 1. The van der Waals surface area contributed by atoms with Gasteiger partial charge in [0, 0.05) is 17.9 Å². The van der Waals surface area contributed by atoms with Crippen LogP contribution in [0.3, 0.4) is 0 Å². The van der Waals surface area contributed by atoms with E-state index in [0.717, 1.165) is 24.0 Å². The Balaban J connectivity index is 1.83. The zero-order valence-electron chi connectivity index (χ0n) is 11.1. The summed E-state index contributed by atoms with van der Waals surface area (Å²) in [6.07, 6.45) is 2.76. The third kappa shape index (κ3) is 2.40. The molecule has 0 aromatic heterocycles. The molecule has 0 radical (unpaired) electrons. The Hall–Kier alpha value is -0.610. The highest BCUT2D eigenvalue weighted by Gasteiger charge is 2.46. The molecule has 1 N–H and O–H groups in total. The summed E-state index contributed by atoms with van der Waals surface area (Å²) in [5.74, 6) is -0.446. The first-order chi connectivity index (χ1) is 9.03. The van der Waals surface area contributed by atoms with Crippen molar-refractivity contribution in [2.24, 2.45) is 0 Å². The van der Waals surface area contributed by atoms with E-state index < -0.39 is 11.4 Å². The van der Waals surface area contributed by atoms with Crippen molar-refractivity contribution in [3.05, 3.63) is 34.3 Å². The molecule has 1 heterocycles. The molecule has 3 nitrogen and oxygen atoms in total. The second-order valence-corrected chi connectivity index (χ2v) is 6.03. The minimum Gasteiger partial charge on any atom is -0.385 e. The zero-order valence-corrected chi connectivity index (χ0v) is 11.9. The first-order valence-corrected chi connectivity index (χ1v) is 7.18. The maximum absolute atomic E-state index is 10.9. The lowest BCUT2D eigenvalue weighted by Gasteiger charge is -2.41. The Morgan fingerprint density at radius 2 is 1.74 bits per heavy atom. The molecular formula is C15H19ClO3. The summed E-state index contributed by atoms with van der Waals surface area (Å²) < 4.78 is 11.4. The van der Waals surface area contributed by atoms with Gasteiger partial charge in [-0.15, -0.1) is 0 Å². The SMILES string of the molecule is Cc1ccc(Cl)cc1C1(O)CCC2(CC1)OCCO2. The van der Waals surface area contributed by atoms with Crippen LogP contribution in [-0.2, 0) is 15.1 Å². The van der Waals surface area contributed by atoms with Gasteiger partial charge < -0.3 is 14.6 Å². The lowest BCUT2D eigenvalue weighted by atomic mass is 9.76. The van der Waals surface area contributed by atoms with E-state index in [9.17, 15) is 5.11 Å². The Bertz CT molecular complexity index is 470. The fourth-order valence-electron chi connectivity index (χ4n) is 3.20. The third-order valence-corrected chi connectivity index (χ3v) is 4.59. The van der Waals surface area contributed by atoms with Crippen LogP contribution in [-0.4, -0.2) is 24.1 Å². The fourth-order valence-corrected chi connectivity index (χ4v) is 3.37. The Morgan fingerprint density at radius 3 is 2.37 bits per heavy atom. The molecule has 0 bridgehead atoms. The van der Waals surface area contributed by atoms with E-state index in [0.29, 0.717) is 31.1 Å². The van der Waals surface area contributed by atoms with Crippen molar-refractivity contribution in [1.82, 2.24) is 0 Å². The summed E-state index contributed by atoms with van der Waals surface area (Å²) in [5.41, 5.74) is 1.21. The highest BCUT2D eigenvalue weighted by Crippen LogP contribution is 2.45. The standard InChI is InChI=1S/C15H19ClO3/c1-11-2-3-12(16)10-13(11)14(17)4-6-15(7-5-14)18-8-9-19-15/h2-3,10,17H,4-9H2,1H3. The van der Waals surface area contributed by atoms with Gasteiger partial charge in [0.1, 0.15) is 0 Å². The Morgan fingerprint density at radius 1 is 1.11 bits per heavy atom. The monoisotopic (exact) mass is 282 g/mol. The minimum absolute atomic E-state index is 0.446. The molecule has 1 saturated heterocycles. The second-order valence-electron chi connectivity index (χ2n) is 5.60. The van der Waals surface area contributed by atoms with E-state index >= 15 is 0 Å². The lowest BCUT2D eigenvalue weighted by molar-refractivity contribution is -0.204. The average Bonchev–Trinajstić information content (AvgIpc) is 2.85. The summed E-state index contributed by atoms with van der Waals surface area (Å²) >= 11 is 6.06. The average molecular weight is 283 g/mol. The smallest absolute Gasteiger partial charge is 0.168 e. The van der Waals surface area contributed by atoms with Crippen molar-refractivity contribution >= 4 is 11.6 Å². The molecule has 19 heavy (non-hydrogen) atoms. The fraction of sp³-hybridized carbons (Fsp3) is 0.600. The molecule has 2 fully saturated rings. The summed E-state index contributed by atoms with van der Waals surface area (Å²) in [6.45, 7) is 3.33. The first kappa shape index (κ1) is 13.4. The second kappa shape index (κ2) is 4.74. The van der Waals surface area contributed by atoms with Crippen molar-refractivity contribution in [1.29, 1.82) is 0 Å². The summed E-state index contributed by atoms with van der Waals surface area (Å²) in [7, 11) is 0. The molecule has 104 valence electrons. The zero-order chi connectivity index (χ0) is 13.5. The van der Waals surface area contributed by atoms with Gasteiger partial charge in [0.15, 0.2) is 5.79 Å². The normalized spacial score (nSPS) is 24.8. The largest absolute Gasteiger partial charge is 0.385 e. The van der Waals surface area contributed by atoms with Crippen LogP contribution in [0.15, 0.2) is 18.2 Å². The maximum atomic E-state index is 10.9. The van der Waals surface area contributed by atoms with Gasteiger partial charge in [-0.1, -0.05) is 17.7 Å². The van der Waals surface area contributed by atoms with Crippen molar-refractivity contribution in [2.45, 2.75) is 44.0 Å². The van der Waals surface area contributed by atoms with E-state index in [4.69, 9.17) is 21.1 Å². The van der Waals surface area contributed by atoms with Gasteiger partial charge in [-0.05, 0) is 43.0 Å². The van der Waals surface area contributed by atoms with E-state index in [1.807, 2.05) is 25.1 Å². The van der Waals surface area contributed by atoms with Gasteiger partial charge in [0.2, 0.25) is 0 Å². The molecule has 1 spiro atoms. The predicted molar refractivity (Wildman–Crippen MR) is 73.2 cm³/mol. The first-order valence-electron chi connectivity index (χ1n) is 6.80. The van der Waals surface area contributed by atoms with E-state index in [1.54, 1.807) is 0 Å². The van der Waals surface area contributed by atoms with Crippen molar-refractivity contribution in [3.8, 4) is 0 Å². The van der Waals surface area contributed by atoms with Gasteiger partial charge in [0.05, 0.1) is 18.8 Å². The lowest BCUT2D eigenvalue weighted by Crippen LogP contribution is -2.42. The predicted octanol–water partition coefficient (Wildman–Crippen LogP) is 3.15. The number of hydrogen-bond acceptors (Lipinski definition) is 3. The van der Waals surface area contributed by atoms with Gasteiger partial charge in [-0.3, -0.25) is 0 Å². The van der Waals surface area contributed by atoms with Crippen LogP contribution in [0.5, 0.6) is 0 Å². The van der Waals surface area contributed by atoms with E-state index in [1.165, 1.54) is 0 Å². The third-order valence-electron chi connectivity index (χ3n) is 4.35. The van der Waals surface area contributed by atoms with Crippen LogP contribution in [0.2, 0.25) is 5.02 Å². The van der Waals surface area contributed by atoms with Crippen molar-refractivity contribution in [3.63, 3.8) is 0 Å². The van der Waals surface area contributed by atoms with Crippen LogP contribution in [0.4, 0.5) is 0 Å². The molecule has 0 amide bonds. The molecule has 1 aromatic carbocycles.